The number of nitrogens with zero attached hydrogens (tertiary/aromatic N) is 2. The lowest BCUT2D eigenvalue weighted by Gasteiger charge is -2.33. The number of halogens is 1. The molecule has 0 radical (unpaired) electrons. The van der Waals surface area contributed by atoms with Gasteiger partial charge in [0.2, 0.25) is 0 Å². The Balaban J connectivity index is 1.43. The van der Waals surface area contributed by atoms with E-state index in [4.69, 9.17) is 16.3 Å². The lowest BCUT2D eigenvalue weighted by atomic mass is 10.0. The van der Waals surface area contributed by atoms with Crippen LogP contribution >= 0.6 is 11.6 Å². The molecule has 2 aromatic carbocycles. The summed E-state index contributed by atoms with van der Waals surface area (Å²) in [7, 11) is 3.47. The van der Waals surface area contributed by atoms with Crippen molar-refractivity contribution in [3.05, 3.63) is 64.7 Å². The normalized spacial score (nSPS) is 15.2. The molecule has 1 fully saturated rings. The van der Waals surface area contributed by atoms with Crippen molar-refractivity contribution in [2.45, 2.75) is 32.0 Å². The first kappa shape index (κ1) is 20.5. The molecule has 0 spiro atoms. The SMILES string of the molecule is COc1cccc(CN(C)C(=O)NC2CCN(Cc3ccc(Cl)cc3)CC2)c1. The number of ether oxygens (including phenoxy) is 1. The monoisotopic (exact) mass is 401 g/mol. The van der Waals surface area contributed by atoms with Gasteiger partial charge in [0, 0.05) is 44.3 Å². The molecule has 0 saturated carbocycles. The van der Waals surface area contributed by atoms with Crippen molar-refractivity contribution in [1.29, 1.82) is 0 Å². The van der Waals surface area contributed by atoms with Gasteiger partial charge in [-0.3, -0.25) is 4.90 Å². The van der Waals surface area contributed by atoms with Crippen LogP contribution < -0.4 is 10.1 Å². The number of hydrogen-bond donors (Lipinski definition) is 1. The maximum Gasteiger partial charge on any atom is 0.317 e. The van der Waals surface area contributed by atoms with Crippen molar-refractivity contribution in [3.63, 3.8) is 0 Å². The summed E-state index contributed by atoms with van der Waals surface area (Å²) >= 11 is 5.95. The average Bonchev–Trinajstić information content (AvgIpc) is 2.71. The average molecular weight is 402 g/mol. The largest absolute Gasteiger partial charge is 0.497 e. The van der Waals surface area contributed by atoms with Gasteiger partial charge in [0.1, 0.15) is 5.75 Å². The van der Waals surface area contributed by atoms with Crippen LogP contribution in [0.5, 0.6) is 5.75 Å². The number of urea groups is 1. The molecule has 6 heteroatoms. The molecule has 28 heavy (non-hydrogen) atoms. The topological polar surface area (TPSA) is 44.8 Å². The van der Waals surface area contributed by atoms with Crippen molar-refractivity contribution >= 4 is 17.6 Å². The van der Waals surface area contributed by atoms with E-state index in [0.29, 0.717) is 6.54 Å². The van der Waals surface area contributed by atoms with Crippen molar-refractivity contribution in [2.24, 2.45) is 0 Å². The molecule has 1 saturated heterocycles. The summed E-state index contributed by atoms with van der Waals surface area (Å²) in [6.45, 7) is 3.44. The Bertz CT molecular complexity index is 774. The second-order valence-corrected chi connectivity index (χ2v) is 7.77. The fraction of sp³-hybridized carbons (Fsp3) is 0.409. The highest BCUT2D eigenvalue weighted by atomic mass is 35.5. The summed E-state index contributed by atoms with van der Waals surface area (Å²) in [5.41, 5.74) is 2.32. The molecule has 0 bridgehead atoms. The first-order valence-electron chi connectivity index (χ1n) is 9.65. The molecular formula is C22H28ClN3O2. The van der Waals surface area contributed by atoms with E-state index in [0.717, 1.165) is 48.8 Å². The number of likely N-dealkylation sites (tertiary alicyclic amines) is 1. The van der Waals surface area contributed by atoms with Crippen LogP contribution in [0.2, 0.25) is 5.02 Å². The molecule has 5 nitrogen and oxygen atoms in total. The number of benzene rings is 2. The molecule has 1 heterocycles. The minimum atomic E-state index is -0.0287. The number of carbonyl (C=O) groups excluding carboxylic acids is 1. The summed E-state index contributed by atoms with van der Waals surface area (Å²) in [5.74, 6) is 0.805. The van der Waals surface area contributed by atoms with Crippen LogP contribution in [0.4, 0.5) is 4.79 Å². The number of carbonyl (C=O) groups is 1. The number of methoxy groups -OCH3 is 1. The zero-order valence-electron chi connectivity index (χ0n) is 16.5. The predicted octanol–water partition coefficient (Wildman–Crippen LogP) is 4.15. The maximum atomic E-state index is 12.5. The molecule has 1 N–H and O–H groups in total. The predicted molar refractivity (Wildman–Crippen MR) is 113 cm³/mol. The fourth-order valence-electron chi connectivity index (χ4n) is 3.48. The van der Waals surface area contributed by atoms with Gasteiger partial charge in [-0.2, -0.15) is 0 Å². The van der Waals surface area contributed by atoms with Crippen LogP contribution in [-0.4, -0.2) is 49.1 Å². The van der Waals surface area contributed by atoms with Crippen molar-refractivity contribution in [2.75, 3.05) is 27.2 Å². The molecule has 1 aliphatic rings. The zero-order chi connectivity index (χ0) is 19.9. The highest BCUT2D eigenvalue weighted by molar-refractivity contribution is 6.30. The molecule has 0 aliphatic carbocycles. The third-order valence-electron chi connectivity index (χ3n) is 5.14. The molecule has 0 unspecified atom stereocenters. The first-order valence-corrected chi connectivity index (χ1v) is 10.0. The summed E-state index contributed by atoms with van der Waals surface area (Å²) in [5, 5.41) is 3.94. The Labute approximate surface area is 172 Å². The summed E-state index contributed by atoms with van der Waals surface area (Å²) in [6, 6.07) is 16.0. The van der Waals surface area contributed by atoms with E-state index in [2.05, 4.69) is 22.3 Å². The van der Waals surface area contributed by atoms with Crippen LogP contribution in [0.3, 0.4) is 0 Å². The van der Waals surface area contributed by atoms with Gasteiger partial charge in [0.15, 0.2) is 0 Å². The summed E-state index contributed by atoms with van der Waals surface area (Å²) in [4.78, 5) is 16.7. The Morgan fingerprint density at radius 2 is 1.89 bits per heavy atom. The Hall–Kier alpha value is -2.24. The maximum absolute atomic E-state index is 12.5. The van der Waals surface area contributed by atoms with E-state index >= 15 is 0 Å². The van der Waals surface area contributed by atoms with Gasteiger partial charge in [0.05, 0.1) is 7.11 Å². The van der Waals surface area contributed by atoms with Gasteiger partial charge >= 0.3 is 6.03 Å². The van der Waals surface area contributed by atoms with Gasteiger partial charge in [-0.15, -0.1) is 0 Å². The van der Waals surface area contributed by atoms with Crippen LogP contribution in [0.1, 0.15) is 24.0 Å². The number of hydrogen-bond acceptors (Lipinski definition) is 3. The Kier molecular flexibility index (Phi) is 7.18. The molecular weight excluding hydrogens is 374 g/mol. The van der Waals surface area contributed by atoms with Crippen LogP contribution in [0.25, 0.3) is 0 Å². The second-order valence-electron chi connectivity index (χ2n) is 7.33. The lowest BCUT2D eigenvalue weighted by Crippen LogP contribution is -2.48. The van der Waals surface area contributed by atoms with Crippen LogP contribution in [0, 0.1) is 0 Å². The second kappa shape index (κ2) is 9.80. The molecule has 1 aliphatic heterocycles. The van der Waals surface area contributed by atoms with Gasteiger partial charge in [-0.25, -0.2) is 4.79 Å². The minimum Gasteiger partial charge on any atom is -0.497 e. The summed E-state index contributed by atoms with van der Waals surface area (Å²) < 4.78 is 5.25. The van der Waals surface area contributed by atoms with E-state index < -0.39 is 0 Å². The van der Waals surface area contributed by atoms with Gasteiger partial charge in [-0.05, 0) is 48.2 Å². The van der Waals surface area contributed by atoms with E-state index in [1.807, 2.05) is 43.4 Å². The van der Waals surface area contributed by atoms with Crippen molar-refractivity contribution in [1.82, 2.24) is 15.1 Å². The van der Waals surface area contributed by atoms with E-state index in [1.54, 1.807) is 12.0 Å². The molecule has 2 amide bonds. The van der Waals surface area contributed by atoms with E-state index in [-0.39, 0.29) is 12.1 Å². The summed E-state index contributed by atoms with van der Waals surface area (Å²) in [6.07, 6.45) is 1.93. The lowest BCUT2D eigenvalue weighted by molar-refractivity contribution is 0.173. The van der Waals surface area contributed by atoms with E-state index in [9.17, 15) is 4.79 Å². The molecule has 2 aromatic rings. The quantitative estimate of drug-likeness (QED) is 0.790. The zero-order valence-corrected chi connectivity index (χ0v) is 17.3. The number of nitrogens with one attached hydrogen (secondary N) is 1. The van der Waals surface area contributed by atoms with Crippen molar-refractivity contribution < 1.29 is 9.53 Å². The third-order valence-corrected chi connectivity index (χ3v) is 5.39. The molecule has 3 rings (SSSR count). The van der Waals surface area contributed by atoms with Crippen LogP contribution in [-0.2, 0) is 13.1 Å². The highest BCUT2D eigenvalue weighted by Gasteiger charge is 2.22. The number of piperidine rings is 1. The van der Waals surface area contributed by atoms with Crippen molar-refractivity contribution in [3.8, 4) is 5.75 Å². The first-order chi connectivity index (χ1) is 13.5. The molecule has 0 aromatic heterocycles. The van der Waals surface area contributed by atoms with Gasteiger partial charge in [0.25, 0.3) is 0 Å². The highest BCUT2D eigenvalue weighted by Crippen LogP contribution is 2.17. The van der Waals surface area contributed by atoms with Gasteiger partial charge in [-0.1, -0.05) is 35.9 Å². The molecule has 150 valence electrons. The standard InChI is InChI=1S/C22H28ClN3O2/c1-25(15-18-4-3-5-21(14-18)28-2)22(27)24-20-10-12-26(13-11-20)16-17-6-8-19(23)9-7-17/h3-9,14,20H,10-13,15-16H2,1-2H3,(H,24,27). The van der Waals surface area contributed by atoms with Gasteiger partial charge < -0.3 is 15.0 Å². The number of amides is 2. The Morgan fingerprint density at radius 1 is 1.18 bits per heavy atom. The smallest absolute Gasteiger partial charge is 0.317 e. The minimum absolute atomic E-state index is 0.0287. The fourth-order valence-corrected chi connectivity index (χ4v) is 3.61. The number of rotatable bonds is 6. The third kappa shape index (κ3) is 5.88. The van der Waals surface area contributed by atoms with E-state index in [1.165, 1.54) is 5.56 Å². The Morgan fingerprint density at radius 3 is 2.57 bits per heavy atom. The van der Waals surface area contributed by atoms with Crippen LogP contribution in [0.15, 0.2) is 48.5 Å². The molecule has 0 atom stereocenters.